The molecule has 1 atom stereocenters. The zero-order valence-electron chi connectivity index (χ0n) is 9.42. The molecule has 1 aromatic rings. The predicted molar refractivity (Wildman–Crippen MR) is 63.8 cm³/mol. The molecule has 7 nitrogen and oxygen atoms in total. The number of hydrogen-bond acceptors (Lipinski definition) is 3. The number of anilines is 1. The molecule has 0 aliphatic rings. The van der Waals surface area contributed by atoms with E-state index in [4.69, 9.17) is 10.8 Å². The van der Waals surface area contributed by atoms with Gasteiger partial charge in [-0.2, -0.15) is 0 Å². The van der Waals surface area contributed by atoms with E-state index in [2.05, 4.69) is 10.6 Å². The smallest absolute Gasteiger partial charge is 0.326 e. The van der Waals surface area contributed by atoms with Crippen LogP contribution in [-0.4, -0.2) is 29.1 Å². The van der Waals surface area contributed by atoms with Crippen molar-refractivity contribution >= 4 is 23.6 Å². The van der Waals surface area contributed by atoms with Crippen LogP contribution in [0.3, 0.4) is 0 Å². The minimum atomic E-state index is -1.34. The van der Waals surface area contributed by atoms with Crippen LogP contribution in [0.2, 0.25) is 0 Å². The largest absolute Gasteiger partial charge is 0.480 e. The lowest BCUT2D eigenvalue weighted by molar-refractivity contribution is -0.140. The predicted octanol–water partition coefficient (Wildman–Crippen LogP) is 0.137. The molecule has 1 unspecified atom stereocenters. The summed E-state index contributed by atoms with van der Waals surface area (Å²) in [5.41, 5.74) is 5.40. The van der Waals surface area contributed by atoms with E-state index in [1.54, 1.807) is 30.3 Å². The highest BCUT2D eigenvalue weighted by molar-refractivity contribution is 5.93. The first-order valence-electron chi connectivity index (χ1n) is 5.12. The van der Waals surface area contributed by atoms with Gasteiger partial charge in [-0.05, 0) is 12.1 Å². The average molecular weight is 251 g/mol. The summed E-state index contributed by atoms with van der Waals surface area (Å²) in [7, 11) is 0. The third-order valence-corrected chi connectivity index (χ3v) is 2.04. The second-order valence-electron chi connectivity index (χ2n) is 3.53. The number of rotatable bonds is 5. The summed E-state index contributed by atoms with van der Waals surface area (Å²) in [6.45, 7) is 0. The molecule has 18 heavy (non-hydrogen) atoms. The Morgan fingerprint density at radius 2 is 1.83 bits per heavy atom. The van der Waals surface area contributed by atoms with Crippen LogP contribution < -0.4 is 16.4 Å². The number of amides is 3. The van der Waals surface area contributed by atoms with Gasteiger partial charge in [-0.3, -0.25) is 4.79 Å². The Morgan fingerprint density at radius 3 is 2.33 bits per heavy atom. The van der Waals surface area contributed by atoms with E-state index < -0.39 is 30.4 Å². The van der Waals surface area contributed by atoms with E-state index in [-0.39, 0.29) is 0 Å². The van der Waals surface area contributed by atoms with Gasteiger partial charge in [-0.15, -0.1) is 0 Å². The normalized spacial score (nSPS) is 11.3. The first-order valence-corrected chi connectivity index (χ1v) is 5.12. The summed E-state index contributed by atoms with van der Waals surface area (Å²) in [4.78, 5) is 32.9. The van der Waals surface area contributed by atoms with Crippen LogP contribution in [0.15, 0.2) is 30.3 Å². The van der Waals surface area contributed by atoms with E-state index in [0.717, 1.165) is 0 Å². The van der Waals surface area contributed by atoms with Crippen LogP contribution in [0.25, 0.3) is 0 Å². The molecular formula is C11H13N3O4. The van der Waals surface area contributed by atoms with Crippen molar-refractivity contribution in [1.82, 2.24) is 5.32 Å². The molecule has 0 aromatic heterocycles. The first-order chi connectivity index (χ1) is 8.49. The van der Waals surface area contributed by atoms with Gasteiger partial charge in [-0.1, -0.05) is 18.2 Å². The fourth-order valence-electron chi connectivity index (χ4n) is 1.25. The van der Waals surface area contributed by atoms with Gasteiger partial charge in [0, 0.05) is 5.69 Å². The first kappa shape index (κ1) is 13.5. The third-order valence-electron chi connectivity index (χ3n) is 2.04. The Bertz CT molecular complexity index is 447. The van der Waals surface area contributed by atoms with Crippen molar-refractivity contribution in [2.75, 3.05) is 5.32 Å². The van der Waals surface area contributed by atoms with Crippen molar-refractivity contribution in [1.29, 1.82) is 0 Å². The topological polar surface area (TPSA) is 122 Å². The molecule has 1 aromatic carbocycles. The molecule has 0 spiro atoms. The molecule has 0 aliphatic carbocycles. The molecule has 0 aliphatic heterocycles. The SMILES string of the molecule is NC(=O)CC(NC(=O)Nc1ccccc1)C(=O)O. The van der Waals surface area contributed by atoms with Crippen molar-refractivity contribution < 1.29 is 19.5 Å². The lowest BCUT2D eigenvalue weighted by Crippen LogP contribution is -2.45. The van der Waals surface area contributed by atoms with E-state index in [9.17, 15) is 14.4 Å². The number of carboxylic acids is 1. The molecule has 7 heteroatoms. The summed E-state index contributed by atoms with van der Waals surface area (Å²) in [5.74, 6) is -2.13. The Balaban J connectivity index is 2.56. The number of nitrogens with one attached hydrogen (secondary N) is 2. The summed E-state index contributed by atoms with van der Waals surface area (Å²) in [6.07, 6.45) is -0.461. The maximum atomic E-state index is 11.5. The summed E-state index contributed by atoms with van der Waals surface area (Å²) in [6, 6.07) is 6.44. The molecule has 0 saturated heterocycles. The fourth-order valence-corrected chi connectivity index (χ4v) is 1.25. The van der Waals surface area contributed by atoms with Crippen LogP contribution in [0.1, 0.15) is 6.42 Å². The van der Waals surface area contributed by atoms with Gasteiger partial charge in [-0.25, -0.2) is 9.59 Å². The van der Waals surface area contributed by atoms with Crippen molar-refractivity contribution in [2.45, 2.75) is 12.5 Å². The Kier molecular flexibility index (Phi) is 4.67. The lowest BCUT2D eigenvalue weighted by Gasteiger charge is -2.13. The number of carboxylic acid groups (broad SMARTS) is 1. The van der Waals surface area contributed by atoms with Gasteiger partial charge in [0.2, 0.25) is 5.91 Å². The maximum Gasteiger partial charge on any atom is 0.326 e. The van der Waals surface area contributed by atoms with Gasteiger partial charge >= 0.3 is 12.0 Å². The van der Waals surface area contributed by atoms with E-state index >= 15 is 0 Å². The Labute approximate surface area is 103 Å². The van der Waals surface area contributed by atoms with Crippen molar-refractivity contribution in [2.24, 2.45) is 5.73 Å². The second kappa shape index (κ2) is 6.24. The van der Waals surface area contributed by atoms with Crippen LogP contribution in [0.4, 0.5) is 10.5 Å². The monoisotopic (exact) mass is 251 g/mol. The highest BCUT2D eigenvalue weighted by Crippen LogP contribution is 2.04. The molecular weight excluding hydrogens is 238 g/mol. The highest BCUT2D eigenvalue weighted by atomic mass is 16.4. The van der Waals surface area contributed by atoms with Gasteiger partial charge < -0.3 is 21.5 Å². The zero-order chi connectivity index (χ0) is 13.5. The minimum absolute atomic E-state index is 0.461. The van der Waals surface area contributed by atoms with Crippen molar-refractivity contribution in [3.05, 3.63) is 30.3 Å². The molecule has 0 saturated carbocycles. The molecule has 0 fully saturated rings. The van der Waals surface area contributed by atoms with Crippen LogP contribution in [-0.2, 0) is 9.59 Å². The molecule has 1 rings (SSSR count). The number of aliphatic carboxylic acids is 1. The van der Waals surface area contributed by atoms with Gasteiger partial charge in [0.15, 0.2) is 0 Å². The van der Waals surface area contributed by atoms with Gasteiger partial charge in [0.05, 0.1) is 6.42 Å². The van der Waals surface area contributed by atoms with Crippen LogP contribution in [0.5, 0.6) is 0 Å². The van der Waals surface area contributed by atoms with E-state index in [0.29, 0.717) is 5.69 Å². The summed E-state index contributed by atoms with van der Waals surface area (Å²) >= 11 is 0. The van der Waals surface area contributed by atoms with Gasteiger partial charge in [0.1, 0.15) is 6.04 Å². The van der Waals surface area contributed by atoms with Crippen LogP contribution >= 0.6 is 0 Å². The number of hydrogen-bond donors (Lipinski definition) is 4. The molecule has 0 heterocycles. The van der Waals surface area contributed by atoms with Crippen molar-refractivity contribution in [3.8, 4) is 0 Å². The molecule has 3 amide bonds. The number of carbonyl (C=O) groups excluding carboxylic acids is 2. The van der Waals surface area contributed by atoms with Gasteiger partial charge in [0.25, 0.3) is 0 Å². The highest BCUT2D eigenvalue weighted by Gasteiger charge is 2.21. The van der Waals surface area contributed by atoms with E-state index in [1.165, 1.54) is 0 Å². The van der Waals surface area contributed by atoms with Crippen molar-refractivity contribution in [3.63, 3.8) is 0 Å². The fraction of sp³-hybridized carbons (Fsp3) is 0.182. The number of primary amides is 1. The third kappa shape index (κ3) is 4.52. The molecule has 0 bridgehead atoms. The number of carbonyl (C=O) groups is 3. The maximum absolute atomic E-state index is 11.5. The minimum Gasteiger partial charge on any atom is -0.480 e. The lowest BCUT2D eigenvalue weighted by atomic mass is 10.2. The molecule has 0 radical (unpaired) electrons. The summed E-state index contributed by atoms with van der Waals surface area (Å²) < 4.78 is 0. The zero-order valence-corrected chi connectivity index (χ0v) is 9.42. The second-order valence-corrected chi connectivity index (χ2v) is 3.53. The number of para-hydroxylation sites is 1. The standard InChI is InChI=1S/C11H13N3O4/c12-9(15)6-8(10(16)17)14-11(18)13-7-4-2-1-3-5-7/h1-5,8H,6H2,(H2,12,15)(H,16,17)(H2,13,14,18). The number of benzene rings is 1. The molecule has 96 valence electrons. The Hall–Kier alpha value is -2.57. The average Bonchev–Trinajstić information content (AvgIpc) is 2.28. The quantitative estimate of drug-likeness (QED) is 0.594. The van der Waals surface area contributed by atoms with Crippen LogP contribution in [0, 0.1) is 0 Å². The Morgan fingerprint density at radius 1 is 1.22 bits per heavy atom. The number of urea groups is 1. The van der Waals surface area contributed by atoms with E-state index in [1.807, 2.05) is 0 Å². The molecule has 5 N–H and O–H groups in total. The summed E-state index contributed by atoms with van der Waals surface area (Å²) in [5, 5.41) is 13.4. The number of nitrogens with two attached hydrogens (primary N) is 1.